The van der Waals surface area contributed by atoms with E-state index in [4.69, 9.17) is 5.84 Å². The van der Waals surface area contributed by atoms with Crippen LogP contribution < -0.4 is 16.6 Å². The van der Waals surface area contributed by atoms with Gasteiger partial charge in [-0.3, -0.25) is 10.6 Å². The normalized spacial score (nSPS) is 10.2. The zero-order valence-corrected chi connectivity index (χ0v) is 13.9. The molecule has 2 aromatic rings. The maximum atomic E-state index is 12.3. The molecule has 4 nitrogen and oxygen atoms in total. The van der Waals surface area contributed by atoms with Gasteiger partial charge in [-0.05, 0) is 64.8 Å². The van der Waals surface area contributed by atoms with Crippen LogP contribution in [0.4, 0.5) is 11.4 Å². The van der Waals surface area contributed by atoms with Gasteiger partial charge in [0, 0.05) is 20.2 Å². The second-order valence-corrected chi connectivity index (χ2v) is 6.02. The van der Waals surface area contributed by atoms with Crippen molar-refractivity contribution in [3.05, 3.63) is 56.5 Å². The third-order valence-electron chi connectivity index (χ3n) is 2.82. The number of carbonyl (C=O) groups excluding carboxylic acids is 1. The molecule has 2 aromatic carbocycles. The van der Waals surface area contributed by atoms with Gasteiger partial charge in [0.25, 0.3) is 5.91 Å². The van der Waals surface area contributed by atoms with Gasteiger partial charge in [-0.25, -0.2) is 0 Å². The van der Waals surface area contributed by atoms with Gasteiger partial charge in [-0.2, -0.15) is 0 Å². The largest absolute Gasteiger partial charge is 0.324 e. The number of anilines is 2. The van der Waals surface area contributed by atoms with E-state index < -0.39 is 0 Å². The number of nitrogens with two attached hydrogens (primary N) is 1. The third-order valence-corrected chi connectivity index (χ3v) is 3.97. The number of aryl methyl sites for hydroxylation is 1. The van der Waals surface area contributed by atoms with Crippen LogP contribution in [0.15, 0.2) is 45.3 Å². The molecule has 0 fully saturated rings. The molecule has 0 aliphatic carbocycles. The Morgan fingerprint density at radius 2 is 1.90 bits per heavy atom. The minimum absolute atomic E-state index is 0.158. The van der Waals surface area contributed by atoms with Crippen LogP contribution in [0, 0.1) is 6.92 Å². The van der Waals surface area contributed by atoms with Crippen LogP contribution in [0.2, 0.25) is 0 Å². The first-order chi connectivity index (χ1) is 9.51. The Hall–Kier alpha value is -1.37. The summed E-state index contributed by atoms with van der Waals surface area (Å²) in [4.78, 5) is 12.3. The number of nitrogens with one attached hydrogen (secondary N) is 2. The Morgan fingerprint density at radius 3 is 2.50 bits per heavy atom. The number of nitrogen functional groups attached to an aromatic ring is 1. The fraction of sp³-hybridized carbons (Fsp3) is 0.0714. The van der Waals surface area contributed by atoms with E-state index in [-0.39, 0.29) is 5.91 Å². The standard InChI is InChI=1S/C14H13Br2N3O/c1-8-6-10(19-17)3-4-11(8)14(20)18-13-5-2-9(15)7-12(13)16/h2-7,19H,17H2,1H3,(H,18,20). The molecule has 4 N–H and O–H groups in total. The number of hydrogen-bond donors (Lipinski definition) is 3. The molecule has 0 aliphatic rings. The fourth-order valence-corrected chi connectivity index (χ4v) is 2.93. The summed E-state index contributed by atoms with van der Waals surface area (Å²) in [5.41, 5.74) is 5.51. The first kappa shape index (κ1) is 15.0. The summed E-state index contributed by atoms with van der Waals surface area (Å²) in [6.07, 6.45) is 0. The lowest BCUT2D eigenvalue weighted by Crippen LogP contribution is -2.14. The number of carbonyl (C=O) groups is 1. The summed E-state index contributed by atoms with van der Waals surface area (Å²) in [6, 6.07) is 10.9. The molecule has 0 radical (unpaired) electrons. The van der Waals surface area contributed by atoms with Crippen LogP contribution in [0.1, 0.15) is 15.9 Å². The van der Waals surface area contributed by atoms with Crippen molar-refractivity contribution in [3.63, 3.8) is 0 Å². The maximum Gasteiger partial charge on any atom is 0.255 e. The average molecular weight is 399 g/mol. The predicted octanol–water partition coefficient (Wildman–Crippen LogP) is 4.06. The van der Waals surface area contributed by atoms with Crippen molar-refractivity contribution in [2.45, 2.75) is 6.92 Å². The van der Waals surface area contributed by atoms with E-state index in [0.29, 0.717) is 5.56 Å². The van der Waals surface area contributed by atoms with Crippen LogP contribution in [0.5, 0.6) is 0 Å². The number of hydrazine groups is 1. The molecule has 0 heterocycles. The van der Waals surface area contributed by atoms with Gasteiger partial charge < -0.3 is 10.7 Å². The van der Waals surface area contributed by atoms with Crippen molar-refractivity contribution in [2.24, 2.45) is 5.84 Å². The van der Waals surface area contributed by atoms with Gasteiger partial charge in [0.05, 0.1) is 5.69 Å². The second-order valence-electron chi connectivity index (χ2n) is 4.25. The fourth-order valence-electron chi connectivity index (χ4n) is 1.79. The van der Waals surface area contributed by atoms with Crippen LogP contribution in [-0.4, -0.2) is 5.91 Å². The van der Waals surface area contributed by atoms with E-state index >= 15 is 0 Å². The van der Waals surface area contributed by atoms with Crippen molar-refractivity contribution in [1.29, 1.82) is 0 Å². The molecule has 0 bridgehead atoms. The van der Waals surface area contributed by atoms with Gasteiger partial charge in [-0.15, -0.1) is 0 Å². The first-order valence-electron chi connectivity index (χ1n) is 5.85. The Bertz CT molecular complexity index is 659. The summed E-state index contributed by atoms with van der Waals surface area (Å²) >= 11 is 6.79. The molecule has 0 aromatic heterocycles. The lowest BCUT2D eigenvalue weighted by molar-refractivity contribution is 0.102. The highest BCUT2D eigenvalue weighted by molar-refractivity contribution is 9.11. The lowest BCUT2D eigenvalue weighted by atomic mass is 10.1. The van der Waals surface area contributed by atoms with Crippen molar-refractivity contribution in [1.82, 2.24) is 0 Å². The number of amides is 1. The summed E-state index contributed by atoms with van der Waals surface area (Å²) in [5.74, 6) is 5.18. The summed E-state index contributed by atoms with van der Waals surface area (Å²) in [5, 5.41) is 2.87. The molecule has 0 unspecified atom stereocenters. The summed E-state index contributed by atoms with van der Waals surface area (Å²) < 4.78 is 1.76. The van der Waals surface area contributed by atoms with E-state index in [9.17, 15) is 4.79 Å². The summed E-state index contributed by atoms with van der Waals surface area (Å²) in [7, 11) is 0. The zero-order valence-electron chi connectivity index (χ0n) is 10.7. The molecule has 0 saturated heterocycles. The summed E-state index contributed by atoms with van der Waals surface area (Å²) in [6.45, 7) is 1.87. The minimum atomic E-state index is -0.158. The molecule has 0 saturated carbocycles. The van der Waals surface area contributed by atoms with Crippen molar-refractivity contribution >= 4 is 49.1 Å². The highest BCUT2D eigenvalue weighted by Gasteiger charge is 2.11. The topological polar surface area (TPSA) is 67.1 Å². The average Bonchev–Trinajstić information content (AvgIpc) is 2.41. The molecule has 0 atom stereocenters. The van der Waals surface area contributed by atoms with Crippen LogP contribution in [-0.2, 0) is 0 Å². The quantitative estimate of drug-likeness (QED) is 0.539. The maximum absolute atomic E-state index is 12.3. The number of benzene rings is 2. The minimum Gasteiger partial charge on any atom is -0.324 e. The molecular formula is C14H13Br2N3O. The van der Waals surface area contributed by atoms with E-state index in [0.717, 1.165) is 25.9 Å². The van der Waals surface area contributed by atoms with Crippen molar-refractivity contribution in [2.75, 3.05) is 10.7 Å². The molecule has 6 heteroatoms. The Kier molecular flexibility index (Phi) is 4.80. The van der Waals surface area contributed by atoms with Gasteiger partial charge in [0.15, 0.2) is 0 Å². The molecule has 104 valence electrons. The number of halogens is 2. The van der Waals surface area contributed by atoms with Gasteiger partial charge in [0.2, 0.25) is 0 Å². The SMILES string of the molecule is Cc1cc(NN)ccc1C(=O)Nc1ccc(Br)cc1Br. The lowest BCUT2D eigenvalue weighted by Gasteiger charge is -2.10. The monoisotopic (exact) mass is 397 g/mol. The first-order valence-corrected chi connectivity index (χ1v) is 7.43. The van der Waals surface area contributed by atoms with E-state index in [1.165, 1.54) is 0 Å². The van der Waals surface area contributed by atoms with Crippen LogP contribution in [0.25, 0.3) is 0 Å². The highest BCUT2D eigenvalue weighted by atomic mass is 79.9. The van der Waals surface area contributed by atoms with Crippen LogP contribution >= 0.6 is 31.9 Å². The molecule has 20 heavy (non-hydrogen) atoms. The van der Waals surface area contributed by atoms with E-state index in [1.807, 2.05) is 31.2 Å². The highest BCUT2D eigenvalue weighted by Crippen LogP contribution is 2.27. The van der Waals surface area contributed by atoms with E-state index in [2.05, 4.69) is 42.6 Å². The van der Waals surface area contributed by atoms with E-state index in [1.54, 1.807) is 12.1 Å². The van der Waals surface area contributed by atoms with Crippen LogP contribution in [0.3, 0.4) is 0 Å². The number of hydrogen-bond acceptors (Lipinski definition) is 3. The Balaban J connectivity index is 2.24. The zero-order chi connectivity index (χ0) is 14.7. The van der Waals surface area contributed by atoms with Crippen molar-refractivity contribution in [3.8, 4) is 0 Å². The molecule has 1 amide bonds. The molecular weight excluding hydrogens is 386 g/mol. The van der Waals surface area contributed by atoms with Gasteiger partial charge >= 0.3 is 0 Å². The predicted molar refractivity (Wildman–Crippen MR) is 88.8 cm³/mol. The third kappa shape index (κ3) is 3.39. The van der Waals surface area contributed by atoms with Crippen molar-refractivity contribution < 1.29 is 4.79 Å². The Morgan fingerprint density at radius 1 is 1.15 bits per heavy atom. The van der Waals surface area contributed by atoms with Gasteiger partial charge in [-0.1, -0.05) is 15.9 Å². The Labute approximate surface area is 134 Å². The smallest absolute Gasteiger partial charge is 0.255 e. The molecule has 0 spiro atoms. The number of rotatable bonds is 3. The second kappa shape index (κ2) is 6.39. The molecule has 0 aliphatic heterocycles. The molecule has 2 rings (SSSR count). The van der Waals surface area contributed by atoms with Gasteiger partial charge in [0.1, 0.15) is 0 Å².